The summed E-state index contributed by atoms with van der Waals surface area (Å²) in [5.74, 6) is -0.203. The molecule has 2 nitrogen and oxygen atoms in total. The van der Waals surface area contributed by atoms with Gasteiger partial charge in [-0.25, -0.2) is 4.39 Å². The fourth-order valence-corrected chi connectivity index (χ4v) is 2.65. The number of hydrogen-bond donors (Lipinski definition) is 1. The van der Waals surface area contributed by atoms with Gasteiger partial charge in [0.2, 0.25) is 0 Å². The molecule has 0 unspecified atom stereocenters. The Balaban J connectivity index is 2.27. The van der Waals surface area contributed by atoms with Gasteiger partial charge in [-0.05, 0) is 42.0 Å². The molecule has 0 spiro atoms. The molecule has 1 aliphatic heterocycles. The molecule has 2 rings (SSSR count). The third kappa shape index (κ3) is 2.78. The van der Waals surface area contributed by atoms with Crippen LogP contribution in [0.1, 0.15) is 32.3 Å². The van der Waals surface area contributed by atoms with Crippen LogP contribution in [-0.2, 0) is 6.54 Å². The van der Waals surface area contributed by atoms with Gasteiger partial charge < -0.3 is 10.6 Å². The van der Waals surface area contributed by atoms with Gasteiger partial charge in [-0.1, -0.05) is 13.8 Å². The molecule has 1 aromatic carbocycles. The standard InChI is InChI=1S/C14H21FN2/c1-14(2)6-3-7-17(10-14)13-5-4-12(15)8-11(13)9-16/h4-5,8H,3,6-7,9-10,16H2,1-2H3. The number of hydrogen-bond acceptors (Lipinski definition) is 2. The van der Waals surface area contributed by atoms with E-state index in [1.807, 2.05) is 6.07 Å². The van der Waals surface area contributed by atoms with E-state index < -0.39 is 0 Å². The molecule has 94 valence electrons. The lowest BCUT2D eigenvalue weighted by Gasteiger charge is -2.40. The fourth-order valence-electron chi connectivity index (χ4n) is 2.65. The zero-order chi connectivity index (χ0) is 12.5. The van der Waals surface area contributed by atoms with Crippen LogP contribution in [0.15, 0.2) is 18.2 Å². The maximum Gasteiger partial charge on any atom is 0.123 e. The molecule has 17 heavy (non-hydrogen) atoms. The van der Waals surface area contributed by atoms with E-state index >= 15 is 0 Å². The van der Waals surface area contributed by atoms with Crippen LogP contribution in [0.4, 0.5) is 10.1 Å². The Labute approximate surface area is 103 Å². The van der Waals surface area contributed by atoms with E-state index in [1.54, 1.807) is 6.07 Å². The van der Waals surface area contributed by atoms with Crippen molar-refractivity contribution >= 4 is 5.69 Å². The molecule has 0 bridgehead atoms. The number of benzene rings is 1. The number of nitrogens with zero attached hydrogens (tertiary/aromatic N) is 1. The minimum absolute atomic E-state index is 0.203. The summed E-state index contributed by atoms with van der Waals surface area (Å²) in [5, 5.41) is 0. The lowest BCUT2D eigenvalue weighted by atomic mass is 9.84. The monoisotopic (exact) mass is 236 g/mol. The molecule has 1 fully saturated rings. The predicted molar refractivity (Wildman–Crippen MR) is 69.5 cm³/mol. The molecule has 0 radical (unpaired) electrons. The maximum atomic E-state index is 13.2. The zero-order valence-electron chi connectivity index (χ0n) is 10.7. The van der Waals surface area contributed by atoms with Crippen LogP contribution in [0.2, 0.25) is 0 Å². The van der Waals surface area contributed by atoms with E-state index in [-0.39, 0.29) is 5.82 Å². The van der Waals surface area contributed by atoms with E-state index in [0.717, 1.165) is 24.3 Å². The van der Waals surface area contributed by atoms with Crippen LogP contribution < -0.4 is 10.6 Å². The Bertz CT molecular complexity index is 401. The third-order valence-electron chi connectivity index (χ3n) is 3.50. The van der Waals surface area contributed by atoms with Gasteiger partial charge in [0, 0.05) is 25.3 Å². The van der Waals surface area contributed by atoms with E-state index in [9.17, 15) is 4.39 Å². The van der Waals surface area contributed by atoms with Gasteiger partial charge in [0.15, 0.2) is 0 Å². The number of rotatable bonds is 2. The molecule has 2 N–H and O–H groups in total. The molecule has 1 heterocycles. The average molecular weight is 236 g/mol. The largest absolute Gasteiger partial charge is 0.371 e. The Morgan fingerprint density at radius 3 is 2.82 bits per heavy atom. The summed E-state index contributed by atoms with van der Waals surface area (Å²) in [6.07, 6.45) is 2.44. The quantitative estimate of drug-likeness (QED) is 0.855. The molecule has 0 aliphatic carbocycles. The minimum Gasteiger partial charge on any atom is -0.371 e. The van der Waals surface area contributed by atoms with Crippen molar-refractivity contribution in [2.75, 3.05) is 18.0 Å². The lowest BCUT2D eigenvalue weighted by molar-refractivity contribution is 0.293. The molecule has 0 amide bonds. The zero-order valence-corrected chi connectivity index (χ0v) is 10.7. The second kappa shape index (κ2) is 4.65. The Kier molecular flexibility index (Phi) is 3.38. The van der Waals surface area contributed by atoms with E-state index in [0.29, 0.717) is 12.0 Å². The van der Waals surface area contributed by atoms with Gasteiger partial charge in [0.05, 0.1) is 0 Å². The van der Waals surface area contributed by atoms with E-state index in [4.69, 9.17) is 5.73 Å². The molecular weight excluding hydrogens is 215 g/mol. The van der Waals surface area contributed by atoms with Crippen LogP contribution in [0.5, 0.6) is 0 Å². The molecule has 0 atom stereocenters. The summed E-state index contributed by atoms with van der Waals surface area (Å²) in [5.41, 5.74) is 8.04. The topological polar surface area (TPSA) is 29.3 Å². The van der Waals surface area contributed by atoms with Gasteiger partial charge in [-0.3, -0.25) is 0 Å². The van der Waals surface area contributed by atoms with Gasteiger partial charge in [0.25, 0.3) is 0 Å². The second-order valence-corrected chi connectivity index (χ2v) is 5.67. The smallest absolute Gasteiger partial charge is 0.123 e. The van der Waals surface area contributed by atoms with Crippen molar-refractivity contribution in [2.24, 2.45) is 11.1 Å². The minimum atomic E-state index is -0.203. The number of anilines is 1. The van der Waals surface area contributed by atoms with Crippen LogP contribution >= 0.6 is 0 Å². The van der Waals surface area contributed by atoms with Crippen molar-refractivity contribution in [3.8, 4) is 0 Å². The molecule has 0 saturated carbocycles. The predicted octanol–water partition coefficient (Wildman–Crippen LogP) is 2.91. The highest BCUT2D eigenvalue weighted by molar-refractivity contribution is 5.54. The van der Waals surface area contributed by atoms with Crippen molar-refractivity contribution in [1.29, 1.82) is 0 Å². The molecule has 1 saturated heterocycles. The Morgan fingerprint density at radius 2 is 2.18 bits per heavy atom. The number of halogens is 1. The first-order chi connectivity index (χ1) is 8.02. The molecule has 1 aliphatic rings. The molecular formula is C14H21FN2. The normalized spacial score (nSPS) is 19.4. The molecule has 0 aromatic heterocycles. The highest BCUT2D eigenvalue weighted by Crippen LogP contribution is 2.33. The summed E-state index contributed by atoms with van der Waals surface area (Å²) in [6.45, 7) is 7.02. The Morgan fingerprint density at radius 1 is 1.41 bits per heavy atom. The van der Waals surface area contributed by atoms with Crippen molar-refractivity contribution in [1.82, 2.24) is 0 Å². The first-order valence-corrected chi connectivity index (χ1v) is 6.25. The van der Waals surface area contributed by atoms with Crippen LogP contribution in [0.3, 0.4) is 0 Å². The van der Waals surface area contributed by atoms with Gasteiger partial charge >= 0.3 is 0 Å². The summed E-state index contributed by atoms with van der Waals surface area (Å²) in [4.78, 5) is 2.34. The average Bonchev–Trinajstić information content (AvgIpc) is 2.27. The highest BCUT2D eigenvalue weighted by atomic mass is 19.1. The first kappa shape index (κ1) is 12.4. The molecule has 3 heteroatoms. The van der Waals surface area contributed by atoms with E-state index in [2.05, 4.69) is 18.7 Å². The summed E-state index contributed by atoms with van der Waals surface area (Å²) < 4.78 is 13.2. The maximum absolute atomic E-state index is 13.2. The summed E-state index contributed by atoms with van der Waals surface area (Å²) >= 11 is 0. The van der Waals surface area contributed by atoms with Gasteiger partial charge in [0.1, 0.15) is 5.82 Å². The van der Waals surface area contributed by atoms with Crippen molar-refractivity contribution in [3.05, 3.63) is 29.6 Å². The summed E-state index contributed by atoms with van der Waals surface area (Å²) in [7, 11) is 0. The molecule has 1 aromatic rings. The highest BCUT2D eigenvalue weighted by Gasteiger charge is 2.27. The van der Waals surface area contributed by atoms with Crippen molar-refractivity contribution < 1.29 is 4.39 Å². The van der Waals surface area contributed by atoms with E-state index in [1.165, 1.54) is 18.9 Å². The van der Waals surface area contributed by atoms with Crippen LogP contribution in [-0.4, -0.2) is 13.1 Å². The first-order valence-electron chi connectivity index (χ1n) is 6.25. The van der Waals surface area contributed by atoms with Crippen molar-refractivity contribution in [3.63, 3.8) is 0 Å². The van der Waals surface area contributed by atoms with Gasteiger partial charge in [-0.15, -0.1) is 0 Å². The van der Waals surface area contributed by atoms with Crippen molar-refractivity contribution in [2.45, 2.75) is 33.2 Å². The second-order valence-electron chi connectivity index (χ2n) is 5.67. The fraction of sp³-hybridized carbons (Fsp3) is 0.571. The summed E-state index contributed by atoms with van der Waals surface area (Å²) in [6, 6.07) is 4.94. The van der Waals surface area contributed by atoms with Crippen LogP contribution in [0.25, 0.3) is 0 Å². The SMILES string of the molecule is CC1(C)CCCN(c2ccc(F)cc2CN)C1. The number of piperidine rings is 1. The third-order valence-corrected chi connectivity index (χ3v) is 3.50. The van der Waals surface area contributed by atoms with Gasteiger partial charge in [-0.2, -0.15) is 0 Å². The Hall–Kier alpha value is -1.09. The number of nitrogens with two attached hydrogens (primary N) is 1. The lowest BCUT2D eigenvalue weighted by Crippen LogP contribution is -2.40. The van der Waals surface area contributed by atoms with Crippen LogP contribution in [0, 0.1) is 11.2 Å².